The first-order chi connectivity index (χ1) is 13.1. The number of carbonyl (C=O) groups excluding carboxylic acids is 2. The average molecular weight is 424 g/mol. The van der Waals surface area contributed by atoms with Crippen molar-refractivity contribution in [3.8, 4) is 0 Å². The molecule has 28 heavy (non-hydrogen) atoms. The van der Waals surface area contributed by atoms with Gasteiger partial charge in [0.05, 0.1) is 15.5 Å². The third kappa shape index (κ3) is 4.89. The predicted octanol–water partition coefficient (Wildman–Crippen LogP) is 3.50. The minimum absolute atomic E-state index is 0.0342. The molecule has 0 saturated heterocycles. The van der Waals surface area contributed by atoms with Crippen LogP contribution in [-0.4, -0.2) is 38.6 Å². The van der Waals surface area contributed by atoms with Crippen molar-refractivity contribution in [2.75, 3.05) is 24.7 Å². The Morgan fingerprint density at radius 3 is 2.36 bits per heavy atom. The summed E-state index contributed by atoms with van der Waals surface area (Å²) in [7, 11) is -0.895. The van der Waals surface area contributed by atoms with E-state index >= 15 is 0 Å². The molecule has 0 radical (unpaired) electrons. The number of amides is 2. The van der Waals surface area contributed by atoms with Gasteiger partial charge in [-0.1, -0.05) is 24.6 Å². The summed E-state index contributed by atoms with van der Waals surface area (Å²) in [6, 6.07) is 9.09. The molecule has 0 aromatic heterocycles. The van der Waals surface area contributed by atoms with Gasteiger partial charge in [-0.25, -0.2) is 12.7 Å². The van der Waals surface area contributed by atoms with Gasteiger partial charge in [0.1, 0.15) is 0 Å². The number of rotatable bonds is 6. The van der Waals surface area contributed by atoms with Crippen LogP contribution in [0.3, 0.4) is 0 Å². The third-order valence-corrected chi connectivity index (χ3v) is 6.19. The first-order valence-electron chi connectivity index (χ1n) is 8.50. The molecule has 0 unspecified atom stereocenters. The lowest BCUT2D eigenvalue weighted by Gasteiger charge is -2.14. The molecule has 2 N–H and O–H groups in total. The molecule has 0 aliphatic heterocycles. The van der Waals surface area contributed by atoms with Gasteiger partial charge in [-0.05, 0) is 42.8 Å². The minimum atomic E-state index is -3.71. The summed E-state index contributed by atoms with van der Waals surface area (Å²) in [4.78, 5) is 24.3. The molecule has 150 valence electrons. The SMILES string of the molecule is CCC(=O)Nc1ccc(C)c(NC(=O)c2cc(S(=O)(=O)N(C)C)ccc2Cl)c1. The Morgan fingerprint density at radius 1 is 1.07 bits per heavy atom. The standard InChI is InChI=1S/C19H22ClN3O4S/c1-5-18(24)21-13-7-6-12(2)17(10-13)22-19(25)15-11-14(8-9-16(15)20)28(26,27)23(3)4/h6-11H,5H2,1-4H3,(H,21,24)(H,22,25). The number of aryl methyl sites for hydroxylation is 1. The van der Waals surface area contributed by atoms with Crippen LogP contribution in [0.15, 0.2) is 41.3 Å². The van der Waals surface area contributed by atoms with E-state index in [1.807, 2.05) is 0 Å². The molecule has 0 aliphatic carbocycles. The van der Waals surface area contributed by atoms with Gasteiger partial charge in [-0.3, -0.25) is 9.59 Å². The molecule has 0 saturated carbocycles. The van der Waals surface area contributed by atoms with Gasteiger partial charge >= 0.3 is 0 Å². The topological polar surface area (TPSA) is 95.6 Å². The van der Waals surface area contributed by atoms with Crippen LogP contribution in [0.2, 0.25) is 5.02 Å². The van der Waals surface area contributed by atoms with Gasteiger partial charge in [0.15, 0.2) is 0 Å². The van der Waals surface area contributed by atoms with Crippen LogP contribution < -0.4 is 10.6 Å². The monoisotopic (exact) mass is 423 g/mol. The zero-order valence-electron chi connectivity index (χ0n) is 16.0. The lowest BCUT2D eigenvalue weighted by atomic mass is 10.1. The number of sulfonamides is 1. The van der Waals surface area contributed by atoms with Gasteiger partial charge in [0.2, 0.25) is 15.9 Å². The molecule has 0 fully saturated rings. The highest BCUT2D eigenvalue weighted by Gasteiger charge is 2.21. The molecule has 0 bridgehead atoms. The summed E-state index contributed by atoms with van der Waals surface area (Å²) in [5.41, 5.74) is 1.83. The van der Waals surface area contributed by atoms with Crippen molar-refractivity contribution in [3.05, 3.63) is 52.5 Å². The molecule has 2 rings (SSSR count). The Morgan fingerprint density at radius 2 is 1.75 bits per heavy atom. The Kier molecular flexibility index (Phi) is 6.82. The number of hydrogen-bond acceptors (Lipinski definition) is 4. The summed E-state index contributed by atoms with van der Waals surface area (Å²) >= 11 is 6.12. The van der Waals surface area contributed by atoms with Crippen molar-refractivity contribution >= 4 is 44.8 Å². The zero-order valence-corrected chi connectivity index (χ0v) is 17.6. The van der Waals surface area contributed by atoms with Crippen molar-refractivity contribution in [2.45, 2.75) is 25.2 Å². The quantitative estimate of drug-likeness (QED) is 0.743. The average Bonchev–Trinajstić information content (AvgIpc) is 2.64. The maximum absolute atomic E-state index is 12.7. The van der Waals surface area contributed by atoms with Gasteiger partial charge in [-0.2, -0.15) is 0 Å². The second-order valence-corrected chi connectivity index (χ2v) is 8.87. The number of carbonyl (C=O) groups is 2. The fraction of sp³-hybridized carbons (Fsp3) is 0.263. The van der Waals surface area contributed by atoms with Crippen LogP contribution in [0.25, 0.3) is 0 Å². The molecule has 7 nitrogen and oxygen atoms in total. The van der Waals surface area contributed by atoms with E-state index in [9.17, 15) is 18.0 Å². The minimum Gasteiger partial charge on any atom is -0.326 e. The highest BCUT2D eigenvalue weighted by molar-refractivity contribution is 7.89. The van der Waals surface area contributed by atoms with Crippen molar-refractivity contribution in [1.82, 2.24) is 4.31 Å². The molecular weight excluding hydrogens is 402 g/mol. The first-order valence-corrected chi connectivity index (χ1v) is 10.3. The Balaban J connectivity index is 2.35. The summed E-state index contributed by atoms with van der Waals surface area (Å²) in [5, 5.41) is 5.58. The summed E-state index contributed by atoms with van der Waals surface area (Å²) in [5.74, 6) is -0.700. The van der Waals surface area contributed by atoms with Crippen LogP contribution in [0.1, 0.15) is 29.3 Å². The molecule has 0 heterocycles. The number of nitrogens with one attached hydrogen (secondary N) is 2. The van der Waals surface area contributed by atoms with Gasteiger partial charge < -0.3 is 10.6 Å². The van der Waals surface area contributed by atoms with Gasteiger partial charge in [0.25, 0.3) is 5.91 Å². The Bertz CT molecular complexity index is 1020. The van der Waals surface area contributed by atoms with Crippen LogP contribution in [0.4, 0.5) is 11.4 Å². The lowest BCUT2D eigenvalue weighted by Crippen LogP contribution is -2.23. The van der Waals surface area contributed by atoms with Crippen LogP contribution in [-0.2, 0) is 14.8 Å². The van der Waals surface area contributed by atoms with E-state index in [1.54, 1.807) is 32.0 Å². The van der Waals surface area contributed by atoms with Gasteiger partial charge in [-0.15, -0.1) is 0 Å². The zero-order chi connectivity index (χ0) is 21.1. The second kappa shape index (κ2) is 8.72. The molecule has 0 aliphatic rings. The molecule has 2 amide bonds. The second-order valence-electron chi connectivity index (χ2n) is 6.31. The molecule has 2 aromatic carbocycles. The molecular formula is C19H22ClN3O4S. The molecule has 0 atom stereocenters. The van der Waals surface area contributed by atoms with Crippen molar-refractivity contribution in [3.63, 3.8) is 0 Å². The van der Waals surface area contributed by atoms with E-state index in [0.29, 0.717) is 17.8 Å². The Labute approximate surface area is 169 Å². The van der Waals surface area contributed by atoms with Crippen LogP contribution in [0.5, 0.6) is 0 Å². The number of halogens is 1. The highest BCUT2D eigenvalue weighted by atomic mass is 35.5. The van der Waals surface area contributed by atoms with Crippen molar-refractivity contribution in [1.29, 1.82) is 0 Å². The normalized spacial score (nSPS) is 11.4. The van der Waals surface area contributed by atoms with Crippen molar-refractivity contribution in [2.24, 2.45) is 0 Å². The molecule has 2 aromatic rings. The smallest absolute Gasteiger partial charge is 0.257 e. The van der Waals surface area contributed by atoms with E-state index in [1.165, 1.54) is 32.3 Å². The Hall–Kier alpha value is -2.42. The van der Waals surface area contributed by atoms with E-state index < -0.39 is 15.9 Å². The number of anilines is 2. The lowest BCUT2D eigenvalue weighted by molar-refractivity contribution is -0.115. The predicted molar refractivity (Wildman–Crippen MR) is 110 cm³/mol. The van der Waals surface area contributed by atoms with E-state index in [2.05, 4.69) is 10.6 Å². The maximum Gasteiger partial charge on any atom is 0.257 e. The van der Waals surface area contributed by atoms with Crippen molar-refractivity contribution < 1.29 is 18.0 Å². The highest BCUT2D eigenvalue weighted by Crippen LogP contribution is 2.25. The molecule has 0 spiro atoms. The number of benzene rings is 2. The van der Waals surface area contributed by atoms with E-state index in [4.69, 9.17) is 11.6 Å². The molecule has 9 heteroatoms. The largest absolute Gasteiger partial charge is 0.326 e. The third-order valence-electron chi connectivity index (χ3n) is 4.05. The fourth-order valence-corrected chi connectivity index (χ4v) is 3.45. The van der Waals surface area contributed by atoms with E-state index in [0.717, 1.165) is 9.87 Å². The first kappa shape index (κ1) is 21.9. The summed E-state index contributed by atoms with van der Waals surface area (Å²) < 4.78 is 25.7. The van der Waals surface area contributed by atoms with E-state index in [-0.39, 0.29) is 21.4 Å². The number of hydrogen-bond donors (Lipinski definition) is 2. The maximum atomic E-state index is 12.7. The number of nitrogens with zero attached hydrogens (tertiary/aromatic N) is 1. The summed E-state index contributed by atoms with van der Waals surface area (Å²) in [6.07, 6.45) is 0.332. The van der Waals surface area contributed by atoms with Crippen LogP contribution in [0, 0.1) is 6.92 Å². The summed E-state index contributed by atoms with van der Waals surface area (Å²) in [6.45, 7) is 3.54. The fourth-order valence-electron chi connectivity index (χ4n) is 2.32. The van der Waals surface area contributed by atoms with Gasteiger partial charge in [0, 0.05) is 31.9 Å². The van der Waals surface area contributed by atoms with Crippen LogP contribution >= 0.6 is 11.6 Å².